The van der Waals surface area contributed by atoms with Gasteiger partial charge in [-0.05, 0) is 69.1 Å². The number of anilines is 1. The Morgan fingerprint density at radius 3 is 2.40 bits per heavy atom. The summed E-state index contributed by atoms with van der Waals surface area (Å²) in [6, 6.07) is 11.9. The molecule has 0 saturated carbocycles. The molecule has 0 aliphatic heterocycles. The first-order valence-corrected chi connectivity index (χ1v) is 10.2. The number of carbonyl (C=O) groups is 2. The van der Waals surface area contributed by atoms with Gasteiger partial charge in [0.1, 0.15) is 11.9 Å². The first-order valence-electron chi connectivity index (χ1n) is 9.40. The molecule has 0 spiro atoms. The molecule has 3 rings (SSSR count). The minimum atomic E-state index is -0.983. The number of aromatic nitrogens is 2. The van der Waals surface area contributed by atoms with Crippen LogP contribution in [0.3, 0.4) is 0 Å². The molecule has 0 saturated heterocycles. The number of hydrogen-bond donors (Lipinski definition) is 1. The molecule has 6 nitrogen and oxygen atoms in total. The average Bonchev–Trinajstić information content (AvgIpc) is 3.19. The average molecular weight is 427 g/mol. The number of rotatable bonds is 5. The van der Waals surface area contributed by atoms with E-state index in [1.54, 1.807) is 6.07 Å². The van der Waals surface area contributed by atoms with Crippen LogP contribution in [-0.4, -0.2) is 26.9 Å². The van der Waals surface area contributed by atoms with Gasteiger partial charge in [0.15, 0.2) is 5.69 Å². The highest BCUT2D eigenvalue weighted by molar-refractivity contribution is 7.03. The summed E-state index contributed by atoms with van der Waals surface area (Å²) in [6.07, 6.45) is 0. The molecule has 30 heavy (non-hydrogen) atoms. The Morgan fingerprint density at radius 2 is 1.83 bits per heavy atom. The Hall–Kier alpha value is -3.13. The molecule has 1 aromatic heterocycles. The summed E-state index contributed by atoms with van der Waals surface area (Å²) in [6.45, 7) is 7.52. The third-order valence-corrected chi connectivity index (χ3v) is 4.77. The molecular formula is C22H23FN4O2S. The molecule has 1 atom stereocenters. The summed E-state index contributed by atoms with van der Waals surface area (Å²) in [7, 11) is 0. The van der Waals surface area contributed by atoms with Gasteiger partial charge in [0.05, 0.1) is 0 Å². The van der Waals surface area contributed by atoms with Crippen LogP contribution in [0.1, 0.15) is 48.4 Å². The van der Waals surface area contributed by atoms with Gasteiger partial charge in [-0.1, -0.05) is 34.3 Å². The molecule has 1 unspecified atom stereocenters. The molecule has 1 heterocycles. The fraction of sp³-hybridized carbons (Fsp3) is 0.273. The van der Waals surface area contributed by atoms with E-state index in [9.17, 15) is 14.0 Å². The van der Waals surface area contributed by atoms with Gasteiger partial charge in [-0.2, -0.15) is 0 Å². The number of hydrogen-bond acceptors (Lipinski definition) is 5. The number of carbonyl (C=O) groups excluding carboxylic acids is 2. The summed E-state index contributed by atoms with van der Waals surface area (Å²) >= 11 is 1.04. The monoisotopic (exact) mass is 426 g/mol. The Morgan fingerprint density at radius 1 is 1.13 bits per heavy atom. The van der Waals surface area contributed by atoms with E-state index in [1.807, 2.05) is 45.9 Å². The number of nitrogens with one attached hydrogen (secondary N) is 1. The standard InChI is InChI=1S/C22H23FN4O2S/c1-14-6-5-7-15(12-14)19(20(28)24-22(2,3)4)27(17-10-8-16(23)9-11-17)21(29)18-13-30-26-25-18/h5-13,19H,1-4H3,(H,24,28). The third kappa shape index (κ3) is 5.07. The largest absolute Gasteiger partial charge is 0.349 e. The molecule has 1 N–H and O–H groups in total. The van der Waals surface area contributed by atoms with Crippen molar-refractivity contribution in [2.24, 2.45) is 0 Å². The highest BCUT2D eigenvalue weighted by atomic mass is 32.1. The molecule has 0 radical (unpaired) electrons. The fourth-order valence-electron chi connectivity index (χ4n) is 3.06. The number of amides is 2. The van der Waals surface area contributed by atoms with E-state index in [0.29, 0.717) is 11.3 Å². The van der Waals surface area contributed by atoms with Crippen LogP contribution in [0.5, 0.6) is 0 Å². The molecule has 156 valence electrons. The van der Waals surface area contributed by atoms with Crippen LogP contribution in [0.15, 0.2) is 53.9 Å². The lowest BCUT2D eigenvalue weighted by atomic mass is 9.99. The molecule has 2 amide bonds. The second-order valence-corrected chi connectivity index (χ2v) is 8.61. The van der Waals surface area contributed by atoms with Gasteiger partial charge < -0.3 is 5.32 Å². The number of benzene rings is 2. The highest BCUT2D eigenvalue weighted by Gasteiger charge is 2.35. The van der Waals surface area contributed by atoms with Crippen LogP contribution in [0.25, 0.3) is 0 Å². The van der Waals surface area contributed by atoms with E-state index < -0.39 is 23.3 Å². The first kappa shape index (κ1) is 21.6. The lowest BCUT2D eigenvalue weighted by molar-refractivity contribution is -0.123. The Kier molecular flexibility index (Phi) is 6.26. The highest BCUT2D eigenvalue weighted by Crippen LogP contribution is 2.31. The van der Waals surface area contributed by atoms with Crippen molar-refractivity contribution in [3.05, 3.63) is 76.5 Å². The van der Waals surface area contributed by atoms with E-state index in [2.05, 4.69) is 14.9 Å². The van der Waals surface area contributed by atoms with Crippen molar-refractivity contribution in [3.8, 4) is 0 Å². The van der Waals surface area contributed by atoms with Gasteiger partial charge >= 0.3 is 0 Å². The Bertz CT molecular complexity index is 1030. The van der Waals surface area contributed by atoms with E-state index >= 15 is 0 Å². The topological polar surface area (TPSA) is 75.2 Å². The van der Waals surface area contributed by atoms with Gasteiger partial charge in [-0.3, -0.25) is 14.5 Å². The van der Waals surface area contributed by atoms with Crippen molar-refractivity contribution in [1.82, 2.24) is 14.9 Å². The fourth-order valence-corrected chi connectivity index (χ4v) is 3.49. The maximum absolute atomic E-state index is 13.6. The molecule has 8 heteroatoms. The number of nitrogens with zero attached hydrogens (tertiary/aromatic N) is 3. The quantitative estimate of drug-likeness (QED) is 0.660. The SMILES string of the molecule is Cc1cccc(C(C(=O)NC(C)(C)C)N(C(=O)c2csnn2)c2ccc(F)cc2)c1. The van der Waals surface area contributed by atoms with Crippen LogP contribution in [-0.2, 0) is 4.79 Å². The Balaban J connectivity index is 2.18. The lowest BCUT2D eigenvalue weighted by Gasteiger charge is -2.33. The summed E-state index contributed by atoms with van der Waals surface area (Å²) in [4.78, 5) is 28.2. The Labute approximate surface area is 178 Å². The van der Waals surface area contributed by atoms with Crippen molar-refractivity contribution in [2.75, 3.05) is 4.90 Å². The number of aryl methyl sites for hydroxylation is 1. The molecule has 3 aromatic rings. The van der Waals surface area contributed by atoms with E-state index in [0.717, 1.165) is 17.1 Å². The zero-order valence-electron chi connectivity index (χ0n) is 17.2. The van der Waals surface area contributed by atoms with E-state index in [-0.39, 0.29) is 11.6 Å². The molecule has 0 aliphatic rings. The smallest absolute Gasteiger partial charge is 0.280 e. The zero-order valence-corrected chi connectivity index (χ0v) is 18.0. The maximum Gasteiger partial charge on any atom is 0.280 e. The summed E-state index contributed by atoms with van der Waals surface area (Å²) in [5.41, 5.74) is 1.56. The molecule has 0 fully saturated rings. The van der Waals surface area contributed by atoms with Crippen molar-refractivity contribution >= 4 is 29.0 Å². The van der Waals surface area contributed by atoms with Crippen LogP contribution >= 0.6 is 11.5 Å². The van der Waals surface area contributed by atoms with Gasteiger partial charge in [0.25, 0.3) is 5.91 Å². The van der Waals surface area contributed by atoms with Crippen molar-refractivity contribution < 1.29 is 14.0 Å². The summed E-state index contributed by atoms with van der Waals surface area (Å²) in [5.74, 6) is -1.28. The van der Waals surface area contributed by atoms with Gasteiger partial charge in [-0.15, -0.1) is 5.10 Å². The van der Waals surface area contributed by atoms with Crippen molar-refractivity contribution in [1.29, 1.82) is 0 Å². The van der Waals surface area contributed by atoms with Gasteiger partial charge in [0.2, 0.25) is 5.91 Å². The maximum atomic E-state index is 13.6. The summed E-state index contributed by atoms with van der Waals surface area (Å²) < 4.78 is 17.3. The van der Waals surface area contributed by atoms with Gasteiger partial charge in [-0.25, -0.2) is 4.39 Å². The minimum absolute atomic E-state index is 0.116. The third-order valence-electron chi connectivity index (χ3n) is 4.27. The lowest BCUT2D eigenvalue weighted by Crippen LogP contribution is -2.49. The second kappa shape index (κ2) is 8.71. The predicted octanol–water partition coefficient (Wildman–Crippen LogP) is 4.29. The first-order chi connectivity index (χ1) is 14.2. The van der Waals surface area contributed by atoms with Crippen LogP contribution < -0.4 is 10.2 Å². The van der Waals surface area contributed by atoms with Crippen LogP contribution in [0, 0.1) is 12.7 Å². The molecular weight excluding hydrogens is 403 g/mol. The molecule has 0 aliphatic carbocycles. The molecule has 2 aromatic carbocycles. The van der Waals surface area contributed by atoms with Crippen LogP contribution in [0.2, 0.25) is 0 Å². The zero-order chi connectivity index (χ0) is 21.9. The van der Waals surface area contributed by atoms with Crippen LogP contribution in [0.4, 0.5) is 10.1 Å². The minimum Gasteiger partial charge on any atom is -0.349 e. The number of halogens is 1. The van der Waals surface area contributed by atoms with Gasteiger partial charge in [0, 0.05) is 16.6 Å². The summed E-state index contributed by atoms with van der Waals surface area (Å²) in [5, 5.41) is 8.36. The van der Waals surface area contributed by atoms with Crippen molar-refractivity contribution in [2.45, 2.75) is 39.3 Å². The van der Waals surface area contributed by atoms with E-state index in [4.69, 9.17) is 0 Å². The molecule has 0 bridgehead atoms. The van der Waals surface area contributed by atoms with Crippen molar-refractivity contribution in [3.63, 3.8) is 0 Å². The second-order valence-electron chi connectivity index (χ2n) is 8.00. The normalized spacial score (nSPS) is 12.3. The van der Waals surface area contributed by atoms with E-state index in [1.165, 1.54) is 34.5 Å². The predicted molar refractivity (Wildman–Crippen MR) is 115 cm³/mol.